The first-order valence-corrected chi connectivity index (χ1v) is 6.43. The van der Waals surface area contributed by atoms with Crippen LogP contribution in [0.5, 0.6) is 0 Å². The second-order valence-electron chi connectivity index (χ2n) is 3.80. The SMILES string of the molecule is CCn1ccnc1Sc1nc2ccc(N)cc2o1. The van der Waals surface area contributed by atoms with Crippen LogP contribution in [0.3, 0.4) is 0 Å². The van der Waals surface area contributed by atoms with Gasteiger partial charge in [-0.1, -0.05) is 0 Å². The Morgan fingerprint density at radius 3 is 3.17 bits per heavy atom. The Bertz CT molecular complexity index is 688. The Morgan fingerprint density at radius 2 is 2.33 bits per heavy atom. The average molecular weight is 260 g/mol. The number of rotatable bonds is 3. The first kappa shape index (κ1) is 11.2. The molecular formula is C12H12N4OS. The number of nitrogens with zero attached hydrogens (tertiary/aromatic N) is 3. The van der Waals surface area contributed by atoms with Crippen LogP contribution in [0, 0.1) is 0 Å². The molecule has 0 amide bonds. The Labute approximate surface area is 108 Å². The Kier molecular flexibility index (Phi) is 2.71. The highest BCUT2D eigenvalue weighted by atomic mass is 32.2. The number of imidazole rings is 1. The van der Waals surface area contributed by atoms with E-state index in [1.54, 1.807) is 12.3 Å². The fraction of sp³-hybridized carbons (Fsp3) is 0.167. The normalized spacial score (nSPS) is 11.2. The number of nitrogen functional groups attached to an aromatic ring is 1. The third-order valence-corrected chi connectivity index (χ3v) is 3.46. The van der Waals surface area contributed by atoms with E-state index in [1.165, 1.54) is 11.8 Å². The van der Waals surface area contributed by atoms with Gasteiger partial charge in [0.25, 0.3) is 5.22 Å². The van der Waals surface area contributed by atoms with Crippen molar-refractivity contribution in [3.8, 4) is 0 Å². The van der Waals surface area contributed by atoms with Gasteiger partial charge in [-0.15, -0.1) is 0 Å². The van der Waals surface area contributed by atoms with Crippen molar-refractivity contribution in [2.45, 2.75) is 23.8 Å². The molecule has 0 aliphatic heterocycles. The molecule has 0 radical (unpaired) electrons. The third-order valence-electron chi connectivity index (χ3n) is 2.59. The summed E-state index contributed by atoms with van der Waals surface area (Å²) in [5.74, 6) is 0. The van der Waals surface area contributed by atoms with Crippen LogP contribution in [-0.4, -0.2) is 14.5 Å². The Balaban J connectivity index is 1.95. The first-order valence-electron chi connectivity index (χ1n) is 5.61. The summed E-state index contributed by atoms with van der Waals surface area (Å²) in [6.45, 7) is 2.94. The first-order chi connectivity index (χ1) is 8.76. The van der Waals surface area contributed by atoms with Crippen LogP contribution in [0.25, 0.3) is 11.1 Å². The summed E-state index contributed by atoms with van der Waals surface area (Å²) in [5, 5.41) is 1.45. The van der Waals surface area contributed by atoms with Crippen LogP contribution in [0.1, 0.15) is 6.92 Å². The van der Waals surface area contributed by atoms with Crippen LogP contribution in [-0.2, 0) is 6.54 Å². The molecule has 0 bridgehead atoms. The van der Waals surface area contributed by atoms with Crippen molar-refractivity contribution in [1.29, 1.82) is 0 Å². The van der Waals surface area contributed by atoms with Crippen LogP contribution >= 0.6 is 11.8 Å². The minimum absolute atomic E-state index is 0.580. The predicted molar refractivity (Wildman–Crippen MR) is 70.4 cm³/mol. The molecule has 3 rings (SSSR count). The van der Waals surface area contributed by atoms with E-state index in [4.69, 9.17) is 10.2 Å². The lowest BCUT2D eigenvalue weighted by atomic mass is 10.3. The zero-order valence-electron chi connectivity index (χ0n) is 9.83. The molecule has 0 unspecified atom stereocenters. The minimum atomic E-state index is 0.580. The van der Waals surface area contributed by atoms with E-state index in [2.05, 4.69) is 16.9 Å². The molecule has 2 N–H and O–H groups in total. The van der Waals surface area contributed by atoms with Gasteiger partial charge < -0.3 is 14.7 Å². The number of anilines is 1. The number of aromatic nitrogens is 3. The summed E-state index contributed by atoms with van der Waals surface area (Å²) in [6.07, 6.45) is 3.70. The van der Waals surface area contributed by atoms with Gasteiger partial charge >= 0.3 is 0 Å². The molecule has 92 valence electrons. The monoisotopic (exact) mass is 260 g/mol. The maximum absolute atomic E-state index is 5.70. The second-order valence-corrected chi connectivity index (χ2v) is 4.72. The Hall–Kier alpha value is -1.95. The molecular weight excluding hydrogens is 248 g/mol. The smallest absolute Gasteiger partial charge is 0.264 e. The summed E-state index contributed by atoms with van der Waals surface area (Å²) in [6, 6.07) is 5.44. The molecule has 0 atom stereocenters. The van der Waals surface area contributed by atoms with Crippen molar-refractivity contribution in [3.63, 3.8) is 0 Å². The van der Waals surface area contributed by atoms with Crippen LogP contribution in [0.4, 0.5) is 5.69 Å². The number of nitrogens with two attached hydrogens (primary N) is 1. The van der Waals surface area contributed by atoms with Gasteiger partial charge in [-0.3, -0.25) is 0 Å². The van der Waals surface area contributed by atoms with Crippen LogP contribution in [0.15, 0.2) is 45.4 Å². The lowest BCUT2D eigenvalue weighted by molar-refractivity contribution is 0.487. The van der Waals surface area contributed by atoms with Gasteiger partial charge in [0.1, 0.15) is 5.52 Å². The molecule has 0 spiro atoms. The molecule has 6 heteroatoms. The molecule has 2 aromatic heterocycles. The fourth-order valence-corrected chi connectivity index (χ4v) is 2.54. The predicted octanol–water partition coefficient (Wildman–Crippen LogP) is 2.78. The van der Waals surface area contributed by atoms with E-state index >= 15 is 0 Å². The highest BCUT2D eigenvalue weighted by Crippen LogP contribution is 2.29. The molecule has 0 aliphatic carbocycles. The third kappa shape index (κ3) is 1.95. The highest BCUT2D eigenvalue weighted by molar-refractivity contribution is 7.99. The van der Waals surface area contributed by atoms with Gasteiger partial charge in [-0.25, -0.2) is 9.97 Å². The van der Waals surface area contributed by atoms with Crippen molar-refractivity contribution in [3.05, 3.63) is 30.6 Å². The van der Waals surface area contributed by atoms with Crippen molar-refractivity contribution < 1.29 is 4.42 Å². The molecule has 18 heavy (non-hydrogen) atoms. The van der Waals surface area contributed by atoms with Crippen molar-refractivity contribution in [1.82, 2.24) is 14.5 Å². The van der Waals surface area contributed by atoms with Gasteiger partial charge in [-0.2, -0.15) is 0 Å². The van der Waals surface area contributed by atoms with Crippen LogP contribution < -0.4 is 5.73 Å². The number of hydrogen-bond acceptors (Lipinski definition) is 5. The van der Waals surface area contributed by atoms with Gasteiger partial charge in [0, 0.05) is 42.5 Å². The zero-order chi connectivity index (χ0) is 12.5. The minimum Gasteiger partial charge on any atom is -0.431 e. The lowest BCUT2D eigenvalue weighted by Crippen LogP contribution is -1.93. The zero-order valence-corrected chi connectivity index (χ0v) is 10.6. The molecule has 0 saturated heterocycles. The topological polar surface area (TPSA) is 69.9 Å². The van der Waals surface area contributed by atoms with Crippen molar-refractivity contribution in [2.75, 3.05) is 5.73 Å². The van der Waals surface area contributed by atoms with Crippen LogP contribution in [0.2, 0.25) is 0 Å². The average Bonchev–Trinajstić information content (AvgIpc) is 2.94. The number of oxazole rings is 1. The maximum Gasteiger partial charge on any atom is 0.264 e. The van der Waals surface area contributed by atoms with E-state index in [0.29, 0.717) is 16.5 Å². The summed E-state index contributed by atoms with van der Waals surface area (Å²) in [4.78, 5) is 8.66. The fourth-order valence-electron chi connectivity index (χ4n) is 1.68. The van der Waals surface area contributed by atoms with E-state index < -0.39 is 0 Å². The van der Waals surface area contributed by atoms with Gasteiger partial charge in [0.2, 0.25) is 0 Å². The molecule has 2 heterocycles. The second kappa shape index (κ2) is 4.38. The molecule has 0 aliphatic rings. The van der Waals surface area contributed by atoms with Gasteiger partial charge in [0.05, 0.1) is 0 Å². The van der Waals surface area contributed by atoms with E-state index in [1.807, 2.05) is 22.9 Å². The summed E-state index contributed by atoms with van der Waals surface area (Å²) in [7, 11) is 0. The summed E-state index contributed by atoms with van der Waals surface area (Å²) in [5.41, 5.74) is 7.88. The summed E-state index contributed by atoms with van der Waals surface area (Å²) >= 11 is 1.41. The molecule has 5 nitrogen and oxygen atoms in total. The van der Waals surface area contributed by atoms with Crippen molar-refractivity contribution >= 4 is 28.5 Å². The lowest BCUT2D eigenvalue weighted by Gasteiger charge is -1.99. The van der Waals surface area contributed by atoms with E-state index in [0.717, 1.165) is 17.2 Å². The molecule has 0 saturated carbocycles. The molecule has 0 fully saturated rings. The largest absolute Gasteiger partial charge is 0.431 e. The van der Waals surface area contributed by atoms with Gasteiger partial charge in [0.15, 0.2) is 10.7 Å². The molecule has 3 aromatic rings. The van der Waals surface area contributed by atoms with Crippen molar-refractivity contribution in [2.24, 2.45) is 0 Å². The van der Waals surface area contributed by atoms with E-state index in [9.17, 15) is 0 Å². The quantitative estimate of drug-likeness (QED) is 0.733. The number of benzene rings is 1. The summed E-state index contributed by atoms with van der Waals surface area (Å²) < 4.78 is 7.68. The standard InChI is InChI=1S/C12H12N4OS/c1-2-16-6-5-14-11(16)18-12-15-9-4-3-8(13)7-10(9)17-12/h3-7H,2,13H2,1H3. The maximum atomic E-state index is 5.70. The molecule has 1 aromatic carbocycles. The number of fused-ring (bicyclic) bond motifs is 1. The highest BCUT2D eigenvalue weighted by Gasteiger charge is 2.11. The number of hydrogen-bond donors (Lipinski definition) is 1. The van der Waals surface area contributed by atoms with E-state index in [-0.39, 0.29) is 0 Å². The Morgan fingerprint density at radius 1 is 1.44 bits per heavy atom. The number of aryl methyl sites for hydroxylation is 1. The van der Waals surface area contributed by atoms with Gasteiger partial charge in [-0.05, 0) is 19.1 Å².